The minimum atomic E-state index is -4.14. The molecule has 1 atom stereocenters. The summed E-state index contributed by atoms with van der Waals surface area (Å²) in [6, 6.07) is 19.8. The Balaban J connectivity index is 2.08. The van der Waals surface area contributed by atoms with Crippen LogP contribution < -0.4 is 9.62 Å². The predicted octanol–water partition coefficient (Wildman–Crippen LogP) is 5.48. The first-order chi connectivity index (χ1) is 18.4. The van der Waals surface area contributed by atoms with E-state index in [-0.39, 0.29) is 23.4 Å². The maximum atomic E-state index is 14.0. The molecule has 0 aliphatic heterocycles. The summed E-state index contributed by atoms with van der Waals surface area (Å²) in [5, 5.41) is 3.35. The molecule has 0 radical (unpaired) electrons. The van der Waals surface area contributed by atoms with Gasteiger partial charge in [0.15, 0.2) is 0 Å². The van der Waals surface area contributed by atoms with E-state index in [1.807, 2.05) is 58.0 Å². The number of hydrogen-bond donors (Lipinski definition) is 1. The van der Waals surface area contributed by atoms with Gasteiger partial charge in [-0.25, -0.2) is 8.42 Å². The molecule has 0 bridgehead atoms. The number of nitrogens with zero attached hydrogens (tertiary/aromatic N) is 2. The summed E-state index contributed by atoms with van der Waals surface area (Å²) < 4.78 is 29.0. The number of anilines is 1. The molecule has 0 unspecified atom stereocenters. The van der Waals surface area contributed by atoms with E-state index in [0.29, 0.717) is 22.7 Å². The minimum absolute atomic E-state index is 0.0643. The van der Waals surface area contributed by atoms with Crippen molar-refractivity contribution in [1.82, 2.24) is 10.2 Å². The lowest BCUT2D eigenvalue weighted by Crippen LogP contribution is -2.53. The monoisotopic (exact) mass is 569 g/mol. The molecule has 208 valence electrons. The molecule has 9 heteroatoms. The van der Waals surface area contributed by atoms with Crippen molar-refractivity contribution >= 4 is 39.1 Å². The number of sulfonamides is 1. The average Bonchev–Trinajstić information content (AvgIpc) is 2.88. The summed E-state index contributed by atoms with van der Waals surface area (Å²) >= 11 is 6.17. The lowest BCUT2D eigenvalue weighted by molar-refractivity contribution is -0.140. The van der Waals surface area contributed by atoms with E-state index in [9.17, 15) is 18.0 Å². The van der Waals surface area contributed by atoms with Crippen molar-refractivity contribution in [1.29, 1.82) is 0 Å². The van der Waals surface area contributed by atoms with Gasteiger partial charge >= 0.3 is 0 Å². The molecule has 0 aromatic heterocycles. The summed E-state index contributed by atoms with van der Waals surface area (Å²) in [5.74, 6) is -0.776. The third-order valence-corrected chi connectivity index (χ3v) is 8.34. The van der Waals surface area contributed by atoms with Gasteiger partial charge in [-0.3, -0.25) is 13.9 Å². The highest BCUT2D eigenvalue weighted by atomic mass is 35.5. The Labute approximate surface area is 236 Å². The normalized spacial score (nSPS) is 12.2. The van der Waals surface area contributed by atoms with Crippen molar-refractivity contribution in [2.75, 3.05) is 10.8 Å². The molecule has 0 saturated heterocycles. The van der Waals surface area contributed by atoms with Crippen molar-refractivity contribution in [2.24, 2.45) is 0 Å². The fourth-order valence-electron chi connectivity index (χ4n) is 4.33. The summed E-state index contributed by atoms with van der Waals surface area (Å²) in [4.78, 5) is 28.7. The standard InChI is InChI=1S/C30H36ClN3O4S/c1-6-27(30(36)32-21(2)3)33(19-24-10-8-7-9-11-24)29(35)20-34(28-17-14-25(31)18-23(28)5)39(37,38)26-15-12-22(4)13-16-26/h7-18,21,27H,6,19-20H2,1-5H3,(H,32,36)/t27-/m0/s1. The van der Waals surface area contributed by atoms with Gasteiger partial charge in [0.2, 0.25) is 11.8 Å². The topological polar surface area (TPSA) is 86.8 Å². The molecular formula is C30H36ClN3O4S. The highest BCUT2D eigenvalue weighted by molar-refractivity contribution is 7.92. The number of carbonyl (C=O) groups excluding carboxylic acids is 2. The van der Waals surface area contributed by atoms with E-state index in [4.69, 9.17) is 11.6 Å². The number of hydrogen-bond acceptors (Lipinski definition) is 4. The molecule has 0 aliphatic carbocycles. The smallest absolute Gasteiger partial charge is 0.264 e. The molecular weight excluding hydrogens is 534 g/mol. The average molecular weight is 570 g/mol. The van der Waals surface area contributed by atoms with Crippen molar-refractivity contribution < 1.29 is 18.0 Å². The van der Waals surface area contributed by atoms with Crippen molar-refractivity contribution in [3.05, 3.63) is 94.5 Å². The van der Waals surface area contributed by atoms with Crippen LogP contribution in [0.25, 0.3) is 0 Å². The SMILES string of the molecule is CC[C@@H](C(=O)NC(C)C)N(Cc1ccccc1)C(=O)CN(c1ccc(Cl)cc1C)S(=O)(=O)c1ccc(C)cc1. The number of benzene rings is 3. The van der Waals surface area contributed by atoms with Crippen LogP contribution in [-0.4, -0.2) is 43.8 Å². The number of amides is 2. The number of aryl methyl sites for hydroxylation is 2. The minimum Gasteiger partial charge on any atom is -0.352 e. The molecule has 2 amide bonds. The molecule has 3 aromatic carbocycles. The second kappa shape index (κ2) is 13.1. The fraction of sp³-hybridized carbons (Fsp3) is 0.333. The zero-order valence-corrected chi connectivity index (χ0v) is 24.6. The first kappa shape index (κ1) is 30.2. The predicted molar refractivity (Wildman–Crippen MR) is 156 cm³/mol. The summed E-state index contributed by atoms with van der Waals surface area (Å²) in [6.45, 7) is 8.82. The molecule has 7 nitrogen and oxygen atoms in total. The van der Waals surface area contributed by atoms with Crippen LogP contribution in [-0.2, 0) is 26.2 Å². The molecule has 0 heterocycles. The highest BCUT2D eigenvalue weighted by Gasteiger charge is 2.34. The number of carbonyl (C=O) groups is 2. The Morgan fingerprint density at radius 1 is 0.949 bits per heavy atom. The molecule has 0 spiro atoms. The van der Waals surface area contributed by atoms with Gasteiger partial charge in [0.1, 0.15) is 12.6 Å². The van der Waals surface area contributed by atoms with Gasteiger partial charge in [0, 0.05) is 17.6 Å². The first-order valence-electron chi connectivity index (χ1n) is 12.9. The van der Waals surface area contributed by atoms with E-state index >= 15 is 0 Å². The first-order valence-corrected chi connectivity index (χ1v) is 14.7. The number of nitrogens with one attached hydrogen (secondary N) is 1. The molecule has 0 fully saturated rings. The van der Waals surface area contributed by atoms with Crippen LogP contribution in [0.5, 0.6) is 0 Å². The van der Waals surface area contributed by atoms with E-state index < -0.39 is 28.5 Å². The van der Waals surface area contributed by atoms with Crippen LogP contribution in [0.1, 0.15) is 43.9 Å². The van der Waals surface area contributed by atoms with Crippen LogP contribution in [0.2, 0.25) is 5.02 Å². The van der Waals surface area contributed by atoms with Crippen LogP contribution in [0.15, 0.2) is 77.7 Å². The van der Waals surface area contributed by atoms with Gasteiger partial charge < -0.3 is 10.2 Å². The zero-order chi connectivity index (χ0) is 28.7. The van der Waals surface area contributed by atoms with Crippen LogP contribution in [0.3, 0.4) is 0 Å². The Kier molecular flexibility index (Phi) is 10.2. The maximum Gasteiger partial charge on any atom is 0.264 e. The molecule has 0 aliphatic rings. The van der Waals surface area contributed by atoms with Gasteiger partial charge in [0.05, 0.1) is 10.6 Å². The molecule has 1 N–H and O–H groups in total. The second-order valence-electron chi connectivity index (χ2n) is 9.85. The lowest BCUT2D eigenvalue weighted by Gasteiger charge is -2.34. The zero-order valence-electron chi connectivity index (χ0n) is 23.0. The van der Waals surface area contributed by atoms with Crippen molar-refractivity contribution in [2.45, 2.75) is 64.6 Å². The van der Waals surface area contributed by atoms with Gasteiger partial charge in [-0.15, -0.1) is 0 Å². The van der Waals surface area contributed by atoms with E-state index in [0.717, 1.165) is 15.4 Å². The maximum absolute atomic E-state index is 14.0. The Morgan fingerprint density at radius 3 is 2.15 bits per heavy atom. The van der Waals surface area contributed by atoms with Gasteiger partial charge in [-0.05, 0) is 75.6 Å². The van der Waals surface area contributed by atoms with E-state index in [2.05, 4.69) is 5.32 Å². The van der Waals surface area contributed by atoms with Gasteiger partial charge in [-0.1, -0.05) is 66.6 Å². The molecule has 39 heavy (non-hydrogen) atoms. The van der Waals surface area contributed by atoms with Crippen molar-refractivity contribution in [3.63, 3.8) is 0 Å². The van der Waals surface area contributed by atoms with E-state index in [1.54, 1.807) is 37.3 Å². The largest absolute Gasteiger partial charge is 0.352 e. The number of halogens is 1. The quantitative estimate of drug-likeness (QED) is 0.331. The molecule has 0 saturated carbocycles. The van der Waals surface area contributed by atoms with Crippen LogP contribution in [0, 0.1) is 13.8 Å². The summed E-state index contributed by atoms with van der Waals surface area (Å²) in [5.41, 5.74) is 2.69. The van der Waals surface area contributed by atoms with Crippen LogP contribution in [0.4, 0.5) is 5.69 Å². The van der Waals surface area contributed by atoms with Crippen LogP contribution >= 0.6 is 11.6 Å². The number of rotatable bonds is 11. The lowest BCUT2D eigenvalue weighted by atomic mass is 10.1. The Morgan fingerprint density at radius 2 is 1.59 bits per heavy atom. The van der Waals surface area contributed by atoms with Gasteiger partial charge in [0.25, 0.3) is 10.0 Å². The Bertz CT molecular complexity index is 1390. The second-order valence-corrected chi connectivity index (χ2v) is 12.1. The summed E-state index contributed by atoms with van der Waals surface area (Å²) in [7, 11) is -4.14. The third-order valence-electron chi connectivity index (χ3n) is 6.33. The molecule has 3 rings (SSSR count). The third kappa shape index (κ3) is 7.61. The van der Waals surface area contributed by atoms with Crippen molar-refractivity contribution in [3.8, 4) is 0 Å². The fourth-order valence-corrected chi connectivity index (χ4v) is 6.04. The summed E-state index contributed by atoms with van der Waals surface area (Å²) in [6.07, 6.45) is 0.363. The highest BCUT2D eigenvalue weighted by Crippen LogP contribution is 2.29. The Hall–Kier alpha value is -3.36. The van der Waals surface area contributed by atoms with E-state index in [1.165, 1.54) is 17.0 Å². The van der Waals surface area contributed by atoms with Gasteiger partial charge in [-0.2, -0.15) is 0 Å². The molecule has 3 aromatic rings.